The van der Waals surface area contributed by atoms with E-state index in [1.807, 2.05) is 24.3 Å². The van der Waals surface area contributed by atoms with Gasteiger partial charge in [-0.15, -0.1) is 0 Å². The first-order valence-electron chi connectivity index (χ1n) is 5.91. The molecule has 0 bridgehead atoms. The molecule has 20 heavy (non-hydrogen) atoms. The molecule has 6 nitrogen and oxygen atoms in total. The molecule has 7 heteroatoms. The number of nitrogens with zero attached hydrogens (tertiary/aromatic N) is 3. The third kappa shape index (κ3) is 1.62. The number of benzene rings is 1. The topological polar surface area (TPSA) is 63.2 Å². The second-order valence-corrected chi connectivity index (χ2v) is 5.47. The fraction of sp³-hybridized carbons (Fsp3) is 0.0769. The molecule has 0 spiro atoms. The molecular formula is C13H8IN3O3. The van der Waals surface area contributed by atoms with Crippen LogP contribution in [-0.4, -0.2) is 9.78 Å². The fourth-order valence-electron chi connectivity index (χ4n) is 2.18. The van der Waals surface area contributed by atoms with Crippen LogP contribution in [0.1, 0.15) is 6.41 Å². The van der Waals surface area contributed by atoms with Crippen molar-refractivity contribution in [1.82, 2.24) is 9.78 Å². The van der Waals surface area contributed by atoms with Gasteiger partial charge in [0.2, 0.25) is 0 Å². The molecule has 4 rings (SSSR count). The molecule has 0 fully saturated rings. The van der Waals surface area contributed by atoms with Crippen LogP contribution in [0.25, 0.3) is 11.0 Å². The molecule has 1 aliphatic heterocycles. The minimum absolute atomic E-state index is 0.412. The first-order valence-corrected chi connectivity index (χ1v) is 6.99. The molecule has 100 valence electrons. The second-order valence-electron chi connectivity index (χ2n) is 4.31. The maximum Gasteiger partial charge on any atom is 0.424 e. The molecular weight excluding hydrogens is 373 g/mol. The monoisotopic (exact) mass is 381 g/mol. The van der Waals surface area contributed by atoms with Crippen molar-refractivity contribution in [1.29, 1.82) is 0 Å². The summed E-state index contributed by atoms with van der Waals surface area (Å²) in [6.45, 7) is 0. The van der Waals surface area contributed by atoms with Gasteiger partial charge < -0.3 is 14.7 Å². The summed E-state index contributed by atoms with van der Waals surface area (Å²) in [6, 6.07) is 9.10. The molecule has 0 radical (unpaired) electrons. The molecule has 2 aromatic heterocycles. The molecule has 1 aromatic carbocycles. The van der Waals surface area contributed by atoms with Gasteiger partial charge in [-0.25, -0.2) is 4.73 Å². The smallest absolute Gasteiger partial charge is 0.424 e. The average Bonchev–Trinajstić information content (AvgIpc) is 3.06. The van der Waals surface area contributed by atoms with E-state index in [0.717, 1.165) is 13.7 Å². The molecule has 0 aliphatic carbocycles. The summed E-state index contributed by atoms with van der Waals surface area (Å²) < 4.78 is 14.5. The van der Waals surface area contributed by atoms with E-state index in [9.17, 15) is 5.21 Å². The summed E-state index contributed by atoms with van der Waals surface area (Å²) in [5, 5.41) is 17.0. The first kappa shape index (κ1) is 11.8. The lowest BCUT2D eigenvalue weighted by Crippen LogP contribution is -2.32. The standard InChI is InChI=1S/C13H8IN3O3/c14-9-5-6-16(18)12-8(9)7-15-17(12)13-19-10-3-1-2-4-11(10)20-13/h1-7,13H. The van der Waals surface area contributed by atoms with E-state index in [-0.39, 0.29) is 0 Å². The van der Waals surface area contributed by atoms with Gasteiger partial charge in [-0.3, -0.25) is 0 Å². The van der Waals surface area contributed by atoms with Crippen LogP contribution in [0, 0.1) is 8.78 Å². The number of hydrogen-bond acceptors (Lipinski definition) is 4. The Morgan fingerprint density at radius 2 is 1.90 bits per heavy atom. The molecule has 0 amide bonds. The minimum atomic E-state index is -0.761. The predicted octanol–water partition coefficient (Wildman–Crippen LogP) is 2.20. The maximum absolute atomic E-state index is 12.0. The Balaban J connectivity index is 1.84. The summed E-state index contributed by atoms with van der Waals surface area (Å²) in [5.74, 6) is 1.29. The van der Waals surface area contributed by atoms with Gasteiger partial charge in [-0.2, -0.15) is 0 Å². The summed E-state index contributed by atoms with van der Waals surface area (Å²) in [6.07, 6.45) is 2.33. The van der Waals surface area contributed by atoms with Crippen LogP contribution in [0.2, 0.25) is 0 Å². The molecule has 0 atom stereocenters. The largest absolute Gasteiger partial charge is 0.711 e. The van der Waals surface area contributed by atoms with Gasteiger partial charge in [-0.1, -0.05) is 21.9 Å². The average molecular weight is 381 g/mol. The van der Waals surface area contributed by atoms with E-state index in [1.165, 1.54) is 10.9 Å². The van der Waals surface area contributed by atoms with Crippen molar-refractivity contribution >= 4 is 33.6 Å². The first-order chi connectivity index (χ1) is 9.74. The lowest BCUT2D eigenvalue weighted by molar-refractivity contribution is -0.581. The van der Waals surface area contributed by atoms with Gasteiger partial charge in [0.15, 0.2) is 11.5 Å². The van der Waals surface area contributed by atoms with Gasteiger partial charge in [0.1, 0.15) is 5.39 Å². The Bertz CT molecular complexity index is 793. The Morgan fingerprint density at radius 3 is 2.60 bits per heavy atom. The van der Waals surface area contributed by atoms with Crippen molar-refractivity contribution < 1.29 is 14.2 Å². The number of hydrogen-bond donors (Lipinski definition) is 0. The van der Waals surface area contributed by atoms with E-state index in [4.69, 9.17) is 9.47 Å². The zero-order valence-corrected chi connectivity index (χ0v) is 12.2. The molecule has 3 heterocycles. The van der Waals surface area contributed by atoms with Gasteiger partial charge >= 0.3 is 12.1 Å². The van der Waals surface area contributed by atoms with Crippen molar-refractivity contribution in [3.8, 4) is 11.5 Å². The molecule has 0 saturated carbocycles. The van der Waals surface area contributed by atoms with Crippen LogP contribution in [0.5, 0.6) is 11.5 Å². The van der Waals surface area contributed by atoms with Gasteiger partial charge in [0, 0.05) is 3.57 Å². The van der Waals surface area contributed by atoms with Gasteiger partial charge in [-0.05, 0) is 40.8 Å². The van der Waals surface area contributed by atoms with Crippen LogP contribution in [0.4, 0.5) is 0 Å². The number of para-hydroxylation sites is 2. The molecule has 0 unspecified atom stereocenters. The number of halogens is 1. The highest BCUT2D eigenvalue weighted by Crippen LogP contribution is 2.38. The molecule has 3 aromatic rings. The van der Waals surface area contributed by atoms with Crippen LogP contribution < -0.4 is 14.2 Å². The lowest BCUT2D eigenvalue weighted by atomic mass is 10.3. The maximum atomic E-state index is 12.0. The Morgan fingerprint density at radius 1 is 1.20 bits per heavy atom. The van der Waals surface area contributed by atoms with Crippen LogP contribution in [0.3, 0.4) is 0 Å². The number of ether oxygens (including phenoxy) is 2. The molecule has 0 saturated heterocycles. The van der Waals surface area contributed by atoms with Crippen molar-refractivity contribution in [3.05, 3.63) is 51.5 Å². The normalized spacial score (nSPS) is 14.1. The second kappa shape index (κ2) is 4.23. The number of rotatable bonds is 1. The Hall–Kier alpha value is -2.03. The van der Waals surface area contributed by atoms with Crippen LogP contribution in [0.15, 0.2) is 42.7 Å². The quantitative estimate of drug-likeness (QED) is 0.369. The van der Waals surface area contributed by atoms with E-state index < -0.39 is 6.41 Å². The predicted molar refractivity (Wildman–Crippen MR) is 78.1 cm³/mol. The van der Waals surface area contributed by atoms with E-state index in [2.05, 4.69) is 27.7 Å². The molecule has 0 N–H and O–H groups in total. The Labute approximate surface area is 127 Å². The van der Waals surface area contributed by atoms with Crippen molar-refractivity contribution in [3.63, 3.8) is 0 Å². The van der Waals surface area contributed by atoms with Crippen molar-refractivity contribution in [2.75, 3.05) is 0 Å². The van der Waals surface area contributed by atoms with Crippen LogP contribution in [-0.2, 0) is 0 Å². The van der Waals surface area contributed by atoms with Gasteiger partial charge in [0.05, 0.1) is 12.4 Å². The summed E-state index contributed by atoms with van der Waals surface area (Å²) in [5.41, 5.74) is 0.412. The number of fused-ring (bicyclic) bond motifs is 2. The summed E-state index contributed by atoms with van der Waals surface area (Å²) >= 11 is 2.16. The highest BCUT2D eigenvalue weighted by atomic mass is 127. The highest BCUT2D eigenvalue weighted by Gasteiger charge is 2.33. The summed E-state index contributed by atoms with van der Waals surface area (Å²) in [7, 11) is 0. The molecule has 1 aliphatic rings. The lowest BCUT2D eigenvalue weighted by Gasteiger charge is -2.08. The van der Waals surface area contributed by atoms with E-state index in [0.29, 0.717) is 17.1 Å². The van der Waals surface area contributed by atoms with Crippen molar-refractivity contribution in [2.24, 2.45) is 0 Å². The highest BCUT2D eigenvalue weighted by molar-refractivity contribution is 14.1. The van der Waals surface area contributed by atoms with E-state index >= 15 is 0 Å². The fourth-order valence-corrected chi connectivity index (χ4v) is 2.72. The number of aromatic nitrogens is 3. The third-order valence-electron chi connectivity index (χ3n) is 3.10. The number of pyridine rings is 1. The zero-order valence-electron chi connectivity index (χ0n) is 10.1. The van der Waals surface area contributed by atoms with Crippen molar-refractivity contribution in [2.45, 2.75) is 6.41 Å². The summed E-state index contributed by atoms with van der Waals surface area (Å²) in [4.78, 5) is 0. The Kier molecular flexibility index (Phi) is 2.49. The third-order valence-corrected chi connectivity index (χ3v) is 4.04. The van der Waals surface area contributed by atoms with Gasteiger partial charge in [0.25, 0.3) is 0 Å². The minimum Gasteiger partial charge on any atom is -0.711 e. The van der Waals surface area contributed by atoms with E-state index in [1.54, 1.807) is 12.3 Å². The zero-order chi connectivity index (χ0) is 13.7. The SMILES string of the molecule is [O-][n+]1ccc(I)c2cnn(C3Oc4ccccc4O3)c21. The van der Waals surface area contributed by atoms with Crippen LogP contribution >= 0.6 is 22.6 Å².